The van der Waals surface area contributed by atoms with Crippen LogP contribution in [-0.2, 0) is 17.5 Å². The highest BCUT2D eigenvalue weighted by Crippen LogP contribution is 2.33. The maximum atomic E-state index is 13.2. The fraction of sp³-hybridized carbons (Fsp3) is 0.333. The van der Waals surface area contributed by atoms with Crippen LogP contribution in [0.3, 0.4) is 0 Å². The third-order valence-electron chi connectivity index (χ3n) is 4.05. The molecule has 3 aromatic rings. The quantitative estimate of drug-likeness (QED) is 0.557. The van der Waals surface area contributed by atoms with Gasteiger partial charge >= 0.3 is 12.3 Å². The molecule has 6 nitrogen and oxygen atoms in total. The summed E-state index contributed by atoms with van der Waals surface area (Å²) in [6, 6.07) is 10.9. The molecule has 0 atom stereocenters. The molecule has 0 spiro atoms. The number of furan rings is 1. The van der Waals surface area contributed by atoms with E-state index in [1.807, 2.05) is 0 Å². The first-order valence-electron chi connectivity index (χ1n) is 9.18. The number of hydrogen-bond acceptors (Lipinski definition) is 4. The van der Waals surface area contributed by atoms with Crippen molar-refractivity contribution in [3.8, 4) is 17.1 Å². The van der Waals surface area contributed by atoms with Crippen molar-refractivity contribution in [1.82, 2.24) is 14.7 Å². The van der Waals surface area contributed by atoms with Crippen molar-refractivity contribution >= 4 is 6.09 Å². The lowest BCUT2D eigenvalue weighted by Gasteiger charge is -2.24. The van der Waals surface area contributed by atoms with Gasteiger partial charge < -0.3 is 14.1 Å². The second-order valence-corrected chi connectivity index (χ2v) is 7.81. The smallest absolute Gasteiger partial charge is 0.435 e. The molecule has 0 aliphatic heterocycles. The van der Waals surface area contributed by atoms with Gasteiger partial charge in [-0.05, 0) is 50.6 Å². The van der Waals surface area contributed by atoms with Crippen molar-refractivity contribution in [2.45, 2.75) is 39.1 Å². The van der Waals surface area contributed by atoms with E-state index in [1.54, 1.807) is 64.2 Å². The first kappa shape index (κ1) is 21.5. The third kappa shape index (κ3) is 5.03. The summed E-state index contributed by atoms with van der Waals surface area (Å²) in [5, 5.41) is 3.74. The fourth-order valence-electron chi connectivity index (χ4n) is 2.78. The van der Waals surface area contributed by atoms with E-state index in [4.69, 9.17) is 9.15 Å². The summed E-state index contributed by atoms with van der Waals surface area (Å²) in [5.41, 5.74) is -0.369. The fourth-order valence-corrected chi connectivity index (χ4v) is 2.78. The summed E-state index contributed by atoms with van der Waals surface area (Å²) >= 11 is 0. The Morgan fingerprint density at radius 2 is 1.90 bits per heavy atom. The van der Waals surface area contributed by atoms with Crippen molar-refractivity contribution in [3.05, 3.63) is 60.0 Å². The number of rotatable bonds is 4. The van der Waals surface area contributed by atoms with Gasteiger partial charge in [0.25, 0.3) is 0 Å². The second kappa shape index (κ2) is 7.89. The highest BCUT2D eigenvalue weighted by Gasteiger charge is 2.35. The van der Waals surface area contributed by atoms with Gasteiger partial charge in [0.15, 0.2) is 11.5 Å². The molecule has 0 aliphatic carbocycles. The van der Waals surface area contributed by atoms with Crippen LogP contribution in [0.1, 0.15) is 32.0 Å². The standard InChI is InChI=1S/C21H22F3N3O3/c1-20(2,3)30-19(28)26(4)13-14-7-5-8-15(11-14)27-16(17-9-6-10-29-17)12-18(25-27)21(22,23)24/h5-12H,13H2,1-4H3. The van der Waals surface area contributed by atoms with Crippen molar-refractivity contribution < 1.29 is 27.1 Å². The SMILES string of the molecule is CN(Cc1cccc(-n2nc(C(F)(F)F)cc2-c2ccco2)c1)C(=O)OC(C)(C)C. The van der Waals surface area contributed by atoms with Crippen LogP contribution in [0.15, 0.2) is 53.1 Å². The van der Waals surface area contributed by atoms with Crippen LogP contribution in [0, 0.1) is 0 Å². The van der Waals surface area contributed by atoms with Crippen LogP contribution < -0.4 is 0 Å². The summed E-state index contributed by atoms with van der Waals surface area (Å²) in [4.78, 5) is 13.6. The lowest BCUT2D eigenvalue weighted by Crippen LogP contribution is -2.33. The molecular weight excluding hydrogens is 399 g/mol. The van der Waals surface area contributed by atoms with Crippen LogP contribution >= 0.6 is 0 Å². The van der Waals surface area contributed by atoms with E-state index in [9.17, 15) is 18.0 Å². The Bertz CT molecular complexity index is 1020. The topological polar surface area (TPSA) is 60.5 Å². The number of aromatic nitrogens is 2. The average Bonchev–Trinajstić information content (AvgIpc) is 3.29. The summed E-state index contributed by atoms with van der Waals surface area (Å²) in [6.45, 7) is 5.52. The van der Waals surface area contributed by atoms with Gasteiger partial charge in [0.1, 0.15) is 11.3 Å². The molecule has 1 amide bonds. The number of halogens is 3. The van der Waals surface area contributed by atoms with Crippen LogP contribution in [0.2, 0.25) is 0 Å². The molecule has 30 heavy (non-hydrogen) atoms. The molecule has 0 unspecified atom stereocenters. The predicted molar refractivity (Wildman–Crippen MR) is 104 cm³/mol. The Hall–Kier alpha value is -3.23. The average molecular weight is 421 g/mol. The van der Waals surface area contributed by atoms with Crippen molar-refractivity contribution in [2.75, 3.05) is 7.05 Å². The molecular formula is C21H22F3N3O3. The minimum absolute atomic E-state index is 0.171. The zero-order valence-corrected chi connectivity index (χ0v) is 17.0. The molecule has 2 heterocycles. The largest absolute Gasteiger partial charge is 0.463 e. The molecule has 0 aliphatic rings. The Morgan fingerprint density at radius 3 is 2.50 bits per heavy atom. The number of nitrogens with zero attached hydrogens (tertiary/aromatic N) is 3. The molecule has 0 saturated heterocycles. The minimum atomic E-state index is -4.60. The number of alkyl halides is 3. The van der Waals surface area contributed by atoms with Gasteiger partial charge in [-0.3, -0.25) is 0 Å². The molecule has 0 saturated carbocycles. The highest BCUT2D eigenvalue weighted by atomic mass is 19.4. The normalized spacial score (nSPS) is 12.1. The molecule has 2 aromatic heterocycles. The van der Waals surface area contributed by atoms with Crippen LogP contribution in [0.25, 0.3) is 17.1 Å². The van der Waals surface area contributed by atoms with Crippen molar-refractivity contribution in [3.63, 3.8) is 0 Å². The number of carbonyl (C=O) groups is 1. The first-order chi connectivity index (χ1) is 13.9. The number of amides is 1. The van der Waals surface area contributed by atoms with Crippen LogP contribution in [-0.4, -0.2) is 33.4 Å². The Morgan fingerprint density at radius 1 is 1.17 bits per heavy atom. The second-order valence-electron chi connectivity index (χ2n) is 7.81. The monoisotopic (exact) mass is 421 g/mol. The number of carbonyl (C=O) groups excluding carboxylic acids is 1. The van der Waals surface area contributed by atoms with Gasteiger partial charge in [-0.1, -0.05) is 12.1 Å². The first-order valence-corrected chi connectivity index (χ1v) is 9.18. The van der Waals surface area contributed by atoms with E-state index >= 15 is 0 Å². The molecule has 160 valence electrons. The minimum Gasteiger partial charge on any atom is -0.463 e. The molecule has 1 aromatic carbocycles. The highest BCUT2D eigenvalue weighted by molar-refractivity contribution is 5.67. The summed E-state index contributed by atoms with van der Waals surface area (Å²) < 4.78 is 51.5. The van der Waals surface area contributed by atoms with E-state index in [2.05, 4.69) is 5.10 Å². The lowest BCUT2D eigenvalue weighted by molar-refractivity contribution is -0.141. The van der Waals surface area contributed by atoms with Gasteiger partial charge in [0.2, 0.25) is 0 Å². The molecule has 3 rings (SSSR count). The molecule has 9 heteroatoms. The van der Waals surface area contributed by atoms with Crippen LogP contribution in [0.4, 0.5) is 18.0 Å². The third-order valence-corrected chi connectivity index (χ3v) is 4.05. The van der Waals surface area contributed by atoms with Gasteiger partial charge in [0, 0.05) is 19.7 Å². The zero-order chi connectivity index (χ0) is 22.1. The maximum absolute atomic E-state index is 13.2. The predicted octanol–water partition coefficient (Wildman–Crippen LogP) is 5.52. The summed E-state index contributed by atoms with van der Waals surface area (Å²) in [5.74, 6) is 0.259. The Kier molecular flexibility index (Phi) is 5.65. The zero-order valence-electron chi connectivity index (χ0n) is 17.0. The number of benzene rings is 1. The Balaban J connectivity index is 1.92. The van der Waals surface area contributed by atoms with E-state index < -0.39 is 23.6 Å². The molecule has 0 radical (unpaired) electrons. The molecule has 0 bridgehead atoms. The van der Waals surface area contributed by atoms with E-state index in [0.29, 0.717) is 11.3 Å². The van der Waals surface area contributed by atoms with Gasteiger partial charge in [0.05, 0.1) is 12.0 Å². The summed E-state index contributed by atoms with van der Waals surface area (Å²) in [6.07, 6.45) is -3.71. The van der Waals surface area contributed by atoms with E-state index in [1.165, 1.54) is 15.8 Å². The molecule has 0 N–H and O–H groups in total. The van der Waals surface area contributed by atoms with Gasteiger partial charge in [-0.2, -0.15) is 18.3 Å². The Labute approximate surface area is 171 Å². The van der Waals surface area contributed by atoms with E-state index in [0.717, 1.165) is 6.07 Å². The summed E-state index contributed by atoms with van der Waals surface area (Å²) in [7, 11) is 1.59. The lowest BCUT2D eigenvalue weighted by atomic mass is 10.2. The van der Waals surface area contributed by atoms with E-state index in [-0.39, 0.29) is 18.0 Å². The number of ether oxygens (including phenoxy) is 1. The van der Waals surface area contributed by atoms with Gasteiger partial charge in [-0.15, -0.1) is 0 Å². The van der Waals surface area contributed by atoms with Crippen LogP contribution in [0.5, 0.6) is 0 Å². The van der Waals surface area contributed by atoms with Gasteiger partial charge in [-0.25, -0.2) is 9.48 Å². The van der Waals surface area contributed by atoms with Crippen molar-refractivity contribution in [1.29, 1.82) is 0 Å². The van der Waals surface area contributed by atoms with Crippen molar-refractivity contribution in [2.24, 2.45) is 0 Å². The number of hydrogen-bond donors (Lipinski definition) is 0. The molecule has 0 fully saturated rings. The maximum Gasteiger partial charge on any atom is 0.435 e.